The first kappa shape index (κ1) is 20.6. The van der Waals surface area contributed by atoms with Crippen molar-refractivity contribution >= 4 is 42.1 Å². The van der Waals surface area contributed by atoms with Gasteiger partial charge in [0.2, 0.25) is 0 Å². The largest absolute Gasteiger partial charge is 0.348 e. The molecule has 1 aromatic carbocycles. The molecule has 3 rings (SSSR count). The predicted molar refractivity (Wildman–Crippen MR) is 105 cm³/mol. The van der Waals surface area contributed by atoms with E-state index in [2.05, 4.69) is 21.7 Å². The number of aromatic nitrogens is 1. The molecule has 2 N–H and O–H groups in total. The van der Waals surface area contributed by atoms with Crippen LogP contribution in [0.1, 0.15) is 22.5 Å². The van der Waals surface area contributed by atoms with Crippen LogP contribution in [0, 0.1) is 6.92 Å². The Morgan fingerprint density at radius 2 is 2.21 bits per heavy atom. The Kier molecular flexibility index (Phi) is 8.42. The van der Waals surface area contributed by atoms with E-state index in [0.717, 1.165) is 35.8 Å². The zero-order valence-electron chi connectivity index (χ0n) is 13.4. The zero-order valence-corrected chi connectivity index (χ0v) is 15.8. The Labute approximate surface area is 158 Å². The second kappa shape index (κ2) is 9.79. The van der Waals surface area contributed by atoms with Crippen molar-refractivity contribution in [3.63, 3.8) is 0 Å². The SMILES string of the molecule is Cc1csc(-c2cccc(C(=O)NCC3=CCNCC3)c2)n1.Cl.Cl. The van der Waals surface area contributed by atoms with Gasteiger partial charge >= 0.3 is 0 Å². The molecule has 1 aliphatic rings. The van der Waals surface area contributed by atoms with Gasteiger partial charge in [-0.2, -0.15) is 0 Å². The van der Waals surface area contributed by atoms with Gasteiger partial charge in [0.25, 0.3) is 5.91 Å². The maximum atomic E-state index is 12.3. The van der Waals surface area contributed by atoms with E-state index < -0.39 is 0 Å². The number of halogens is 2. The van der Waals surface area contributed by atoms with Crippen LogP contribution in [0.15, 0.2) is 41.3 Å². The van der Waals surface area contributed by atoms with Gasteiger partial charge in [-0.1, -0.05) is 23.8 Å². The van der Waals surface area contributed by atoms with Crippen LogP contribution in [0.4, 0.5) is 0 Å². The molecule has 4 nitrogen and oxygen atoms in total. The Morgan fingerprint density at radius 3 is 2.88 bits per heavy atom. The van der Waals surface area contributed by atoms with Gasteiger partial charge in [-0.25, -0.2) is 4.98 Å². The van der Waals surface area contributed by atoms with Crippen molar-refractivity contribution in [3.8, 4) is 10.6 Å². The molecule has 1 amide bonds. The highest BCUT2D eigenvalue weighted by molar-refractivity contribution is 7.13. The summed E-state index contributed by atoms with van der Waals surface area (Å²) in [7, 11) is 0. The van der Waals surface area contributed by atoms with Crippen LogP contribution >= 0.6 is 36.2 Å². The van der Waals surface area contributed by atoms with Gasteiger partial charge < -0.3 is 10.6 Å². The van der Waals surface area contributed by atoms with E-state index >= 15 is 0 Å². The number of nitrogens with zero attached hydrogens (tertiary/aromatic N) is 1. The van der Waals surface area contributed by atoms with Crippen LogP contribution < -0.4 is 10.6 Å². The third-order valence-corrected chi connectivity index (χ3v) is 4.63. The summed E-state index contributed by atoms with van der Waals surface area (Å²) >= 11 is 1.60. The van der Waals surface area contributed by atoms with Crippen molar-refractivity contribution < 1.29 is 4.79 Å². The summed E-state index contributed by atoms with van der Waals surface area (Å²) in [5.41, 5.74) is 3.97. The summed E-state index contributed by atoms with van der Waals surface area (Å²) in [5.74, 6) is -0.0328. The molecular formula is C17H21Cl2N3OS. The van der Waals surface area contributed by atoms with E-state index in [1.807, 2.05) is 36.6 Å². The highest BCUT2D eigenvalue weighted by Gasteiger charge is 2.10. The smallest absolute Gasteiger partial charge is 0.251 e. The standard InChI is InChI=1S/C17H19N3OS.2ClH/c1-12-11-22-17(20-12)15-4-2-3-14(9-15)16(21)19-10-13-5-7-18-8-6-13;;/h2-5,9,11,18H,6-8,10H2,1H3,(H,19,21);2*1H. The summed E-state index contributed by atoms with van der Waals surface area (Å²) in [6.07, 6.45) is 3.15. The summed E-state index contributed by atoms with van der Waals surface area (Å²) in [4.78, 5) is 16.8. The third-order valence-electron chi connectivity index (χ3n) is 3.62. The van der Waals surface area contributed by atoms with Gasteiger partial charge in [-0.3, -0.25) is 4.79 Å². The van der Waals surface area contributed by atoms with Crippen LogP contribution in [0.5, 0.6) is 0 Å². The van der Waals surface area contributed by atoms with E-state index in [4.69, 9.17) is 0 Å². The molecule has 7 heteroatoms. The van der Waals surface area contributed by atoms with Crippen molar-refractivity contribution in [1.29, 1.82) is 0 Å². The number of thiazole rings is 1. The van der Waals surface area contributed by atoms with Gasteiger partial charge in [0, 0.05) is 35.3 Å². The van der Waals surface area contributed by atoms with Gasteiger partial charge in [0.05, 0.1) is 0 Å². The molecule has 0 aliphatic carbocycles. The number of aryl methyl sites for hydroxylation is 1. The highest BCUT2D eigenvalue weighted by Crippen LogP contribution is 2.24. The first-order chi connectivity index (χ1) is 10.7. The molecule has 2 heterocycles. The molecule has 2 aromatic rings. The third kappa shape index (κ3) is 5.31. The molecule has 0 saturated heterocycles. The van der Waals surface area contributed by atoms with Gasteiger partial charge in [-0.15, -0.1) is 36.2 Å². The molecule has 1 aromatic heterocycles. The first-order valence-electron chi connectivity index (χ1n) is 7.42. The normalized spacial score (nSPS) is 13.3. The van der Waals surface area contributed by atoms with E-state index in [0.29, 0.717) is 12.1 Å². The number of carbonyl (C=O) groups is 1. The number of hydrogen-bond donors (Lipinski definition) is 2. The molecule has 0 spiro atoms. The fraction of sp³-hybridized carbons (Fsp3) is 0.294. The average molecular weight is 386 g/mol. The summed E-state index contributed by atoms with van der Waals surface area (Å²) < 4.78 is 0. The zero-order chi connectivity index (χ0) is 15.4. The summed E-state index contributed by atoms with van der Waals surface area (Å²) in [6.45, 7) is 4.48. The van der Waals surface area contributed by atoms with E-state index in [1.165, 1.54) is 5.57 Å². The quantitative estimate of drug-likeness (QED) is 0.790. The molecule has 0 saturated carbocycles. The summed E-state index contributed by atoms with van der Waals surface area (Å²) in [5, 5.41) is 9.24. The van der Waals surface area contributed by atoms with Crippen molar-refractivity contribution in [3.05, 3.63) is 52.6 Å². The Morgan fingerprint density at radius 1 is 1.38 bits per heavy atom. The van der Waals surface area contributed by atoms with Crippen molar-refractivity contribution in [2.24, 2.45) is 0 Å². The molecule has 0 radical (unpaired) electrons. The number of nitrogens with one attached hydrogen (secondary N) is 2. The maximum absolute atomic E-state index is 12.3. The first-order valence-corrected chi connectivity index (χ1v) is 8.30. The minimum absolute atomic E-state index is 0. The monoisotopic (exact) mass is 385 g/mol. The lowest BCUT2D eigenvalue weighted by Crippen LogP contribution is -2.29. The molecule has 24 heavy (non-hydrogen) atoms. The lowest BCUT2D eigenvalue weighted by atomic mass is 10.1. The fourth-order valence-corrected chi connectivity index (χ4v) is 3.20. The molecule has 0 fully saturated rings. The second-order valence-electron chi connectivity index (χ2n) is 5.37. The van der Waals surface area contributed by atoms with Crippen molar-refractivity contribution in [1.82, 2.24) is 15.6 Å². The molecule has 0 atom stereocenters. The van der Waals surface area contributed by atoms with Crippen molar-refractivity contribution in [2.45, 2.75) is 13.3 Å². The van der Waals surface area contributed by atoms with Crippen LogP contribution in [0.3, 0.4) is 0 Å². The number of benzene rings is 1. The molecule has 0 bridgehead atoms. The lowest BCUT2D eigenvalue weighted by Gasteiger charge is -2.14. The van der Waals surface area contributed by atoms with Crippen LogP contribution in [0.25, 0.3) is 10.6 Å². The lowest BCUT2D eigenvalue weighted by molar-refractivity contribution is 0.0956. The average Bonchev–Trinajstić information content (AvgIpc) is 3.00. The van der Waals surface area contributed by atoms with E-state index in [1.54, 1.807) is 11.3 Å². The maximum Gasteiger partial charge on any atom is 0.251 e. The minimum Gasteiger partial charge on any atom is -0.348 e. The number of amides is 1. The Bertz CT molecular complexity index is 715. The van der Waals surface area contributed by atoms with Gasteiger partial charge in [0.1, 0.15) is 5.01 Å². The Hall–Kier alpha value is -1.40. The number of carbonyl (C=O) groups excluding carboxylic acids is 1. The topological polar surface area (TPSA) is 54.0 Å². The van der Waals surface area contributed by atoms with Crippen LogP contribution in [-0.2, 0) is 0 Å². The highest BCUT2D eigenvalue weighted by atomic mass is 35.5. The Balaban J connectivity index is 0.00000144. The molecule has 1 aliphatic heterocycles. The molecule has 0 unspecified atom stereocenters. The predicted octanol–water partition coefficient (Wildman–Crippen LogP) is 3.61. The van der Waals surface area contributed by atoms with Crippen LogP contribution in [-0.4, -0.2) is 30.5 Å². The van der Waals surface area contributed by atoms with Gasteiger partial charge in [-0.05, 0) is 32.0 Å². The van der Waals surface area contributed by atoms with Crippen LogP contribution in [0.2, 0.25) is 0 Å². The molecular weight excluding hydrogens is 365 g/mol. The molecule has 130 valence electrons. The summed E-state index contributed by atoms with van der Waals surface area (Å²) in [6, 6.07) is 7.65. The second-order valence-corrected chi connectivity index (χ2v) is 6.23. The minimum atomic E-state index is -0.0328. The van der Waals surface area contributed by atoms with E-state index in [9.17, 15) is 4.79 Å². The van der Waals surface area contributed by atoms with Crippen molar-refractivity contribution in [2.75, 3.05) is 19.6 Å². The number of rotatable bonds is 4. The van der Waals surface area contributed by atoms with Gasteiger partial charge in [0.15, 0.2) is 0 Å². The number of hydrogen-bond acceptors (Lipinski definition) is 4. The fourth-order valence-electron chi connectivity index (χ4n) is 2.41. The van der Waals surface area contributed by atoms with E-state index in [-0.39, 0.29) is 30.7 Å².